The molecule has 0 bridgehead atoms. The molecule has 14 heavy (non-hydrogen) atoms. The average molecular weight is 256 g/mol. The van der Waals surface area contributed by atoms with Crippen molar-refractivity contribution in [1.29, 1.82) is 0 Å². The maximum absolute atomic E-state index is 4.11. The molecule has 0 N–H and O–H groups in total. The summed E-state index contributed by atoms with van der Waals surface area (Å²) in [5.41, 5.74) is 1.66. The SMILES string of the molecule is CC(C)(C)C(Br)CCc1cccnc1. The van der Waals surface area contributed by atoms with Gasteiger partial charge in [-0.05, 0) is 29.9 Å². The summed E-state index contributed by atoms with van der Waals surface area (Å²) in [6.45, 7) is 6.78. The topological polar surface area (TPSA) is 12.9 Å². The number of aromatic nitrogens is 1. The zero-order chi connectivity index (χ0) is 10.6. The van der Waals surface area contributed by atoms with Crippen LogP contribution in [0.1, 0.15) is 32.8 Å². The van der Waals surface area contributed by atoms with E-state index in [0.717, 1.165) is 12.8 Å². The van der Waals surface area contributed by atoms with Crippen LogP contribution in [0.4, 0.5) is 0 Å². The lowest BCUT2D eigenvalue weighted by molar-refractivity contribution is 0.385. The number of nitrogens with zero attached hydrogens (tertiary/aromatic N) is 1. The molecule has 0 saturated heterocycles. The molecular formula is C12H18BrN. The minimum atomic E-state index is 0.336. The predicted octanol–water partition coefficient (Wildman–Crippen LogP) is 3.82. The molecule has 1 unspecified atom stereocenters. The molecule has 1 heterocycles. The van der Waals surface area contributed by atoms with Gasteiger partial charge in [0, 0.05) is 17.2 Å². The molecule has 78 valence electrons. The largest absolute Gasteiger partial charge is 0.264 e. The molecule has 0 radical (unpaired) electrons. The van der Waals surface area contributed by atoms with Crippen LogP contribution < -0.4 is 0 Å². The summed E-state index contributed by atoms with van der Waals surface area (Å²) in [4.78, 5) is 4.67. The molecule has 0 fully saturated rings. The Kier molecular flexibility index (Phi) is 4.11. The quantitative estimate of drug-likeness (QED) is 0.749. The molecule has 0 aliphatic rings. The summed E-state index contributed by atoms with van der Waals surface area (Å²) in [7, 11) is 0. The van der Waals surface area contributed by atoms with Gasteiger partial charge in [0.25, 0.3) is 0 Å². The van der Waals surface area contributed by atoms with Gasteiger partial charge in [0.2, 0.25) is 0 Å². The van der Waals surface area contributed by atoms with Crippen LogP contribution in [0.5, 0.6) is 0 Å². The van der Waals surface area contributed by atoms with Crippen LogP contribution in [0, 0.1) is 5.41 Å². The third-order valence-corrected chi connectivity index (χ3v) is 4.18. The van der Waals surface area contributed by atoms with Crippen molar-refractivity contribution in [3.8, 4) is 0 Å². The molecule has 2 heteroatoms. The van der Waals surface area contributed by atoms with Crippen LogP contribution in [-0.2, 0) is 6.42 Å². The van der Waals surface area contributed by atoms with Crippen molar-refractivity contribution in [3.63, 3.8) is 0 Å². The first kappa shape index (κ1) is 11.7. The van der Waals surface area contributed by atoms with E-state index in [0.29, 0.717) is 10.2 Å². The van der Waals surface area contributed by atoms with E-state index in [4.69, 9.17) is 0 Å². The van der Waals surface area contributed by atoms with Gasteiger partial charge in [-0.25, -0.2) is 0 Å². The van der Waals surface area contributed by atoms with E-state index in [2.05, 4.69) is 47.8 Å². The molecule has 0 saturated carbocycles. The number of hydrogen-bond acceptors (Lipinski definition) is 1. The Hall–Kier alpha value is -0.370. The maximum atomic E-state index is 4.11. The third kappa shape index (κ3) is 3.79. The van der Waals surface area contributed by atoms with E-state index in [1.165, 1.54) is 5.56 Å². The van der Waals surface area contributed by atoms with Crippen molar-refractivity contribution >= 4 is 15.9 Å². The minimum Gasteiger partial charge on any atom is -0.264 e. The molecular weight excluding hydrogens is 238 g/mol. The second-order valence-electron chi connectivity index (χ2n) is 4.73. The van der Waals surface area contributed by atoms with Gasteiger partial charge in [0.15, 0.2) is 0 Å². The van der Waals surface area contributed by atoms with Crippen LogP contribution >= 0.6 is 15.9 Å². The fourth-order valence-electron chi connectivity index (χ4n) is 1.27. The second-order valence-corrected chi connectivity index (χ2v) is 5.84. The lowest BCUT2D eigenvalue weighted by Gasteiger charge is -2.25. The first-order valence-electron chi connectivity index (χ1n) is 5.03. The lowest BCUT2D eigenvalue weighted by Crippen LogP contribution is -2.20. The Labute approximate surface area is 95.1 Å². The first-order valence-corrected chi connectivity index (χ1v) is 5.94. The summed E-state index contributed by atoms with van der Waals surface area (Å²) in [5, 5.41) is 0. The van der Waals surface area contributed by atoms with Gasteiger partial charge < -0.3 is 0 Å². The Bertz CT molecular complexity index is 263. The van der Waals surface area contributed by atoms with E-state index in [9.17, 15) is 0 Å². The highest BCUT2D eigenvalue weighted by Gasteiger charge is 2.20. The van der Waals surface area contributed by atoms with Crippen molar-refractivity contribution < 1.29 is 0 Å². The Balaban J connectivity index is 2.42. The standard InChI is InChI=1S/C12H18BrN/c1-12(2,3)11(13)7-6-10-5-4-8-14-9-10/h4-5,8-9,11H,6-7H2,1-3H3. The van der Waals surface area contributed by atoms with Gasteiger partial charge in [0.1, 0.15) is 0 Å². The second kappa shape index (κ2) is 4.92. The van der Waals surface area contributed by atoms with Gasteiger partial charge >= 0.3 is 0 Å². The average Bonchev–Trinajstić information content (AvgIpc) is 2.14. The highest BCUT2D eigenvalue weighted by atomic mass is 79.9. The van der Waals surface area contributed by atoms with Crippen molar-refractivity contribution in [1.82, 2.24) is 4.98 Å². The van der Waals surface area contributed by atoms with Crippen molar-refractivity contribution in [3.05, 3.63) is 30.1 Å². The summed E-state index contributed by atoms with van der Waals surface area (Å²) < 4.78 is 0. The lowest BCUT2D eigenvalue weighted by atomic mass is 9.89. The fourth-order valence-corrected chi connectivity index (χ4v) is 1.50. The summed E-state index contributed by atoms with van der Waals surface area (Å²) in [6, 6.07) is 4.13. The molecule has 0 aliphatic heterocycles. The molecule has 0 aromatic carbocycles. The van der Waals surface area contributed by atoms with Gasteiger partial charge in [-0.15, -0.1) is 0 Å². The number of aryl methyl sites for hydroxylation is 1. The van der Waals surface area contributed by atoms with Gasteiger partial charge in [-0.1, -0.05) is 42.8 Å². The summed E-state index contributed by atoms with van der Waals surface area (Å²) in [6.07, 6.45) is 6.03. The van der Waals surface area contributed by atoms with Crippen LogP contribution in [0.2, 0.25) is 0 Å². The van der Waals surface area contributed by atoms with Crippen molar-refractivity contribution in [2.75, 3.05) is 0 Å². The third-order valence-electron chi connectivity index (χ3n) is 2.35. The van der Waals surface area contributed by atoms with Crippen LogP contribution in [0.25, 0.3) is 0 Å². The Morgan fingerprint density at radius 3 is 2.64 bits per heavy atom. The minimum absolute atomic E-state index is 0.336. The Morgan fingerprint density at radius 1 is 1.43 bits per heavy atom. The van der Waals surface area contributed by atoms with Gasteiger partial charge in [-0.3, -0.25) is 4.98 Å². The summed E-state index contributed by atoms with van der Waals surface area (Å²) in [5.74, 6) is 0. The number of alkyl halides is 1. The molecule has 1 nitrogen and oxygen atoms in total. The number of pyridine rings is 1. The van der Waals surface area contributed by atoms with E-state index in [-0.39, 0.29) is 0 Å². The normalized spacial score (nSPS) is 14.0. The molecule has 0 spiro atoms. The zero-order valence-corrected chi connectivity index (χ0v) is 10.7. The first-order chi connectivity index (χ1) is 6.50. The van der Waals surface area contributed by atoms with Gasteiger partial charge in [0.05, 0.1) is 0 Å². The van der Waals surface area contributed by atoms with E-state index >= 15 is 0 Å². The molecule has 1 rings (SSSR count). The van der Waals surface area contributed by atoms with Crippen LogP contribution in [0.15, 0.2) is 24.5 Å². The predicted molar refractivity (Wildman–Crippen MR) is 64.7 cm³/mol. The van der Waals surface area contributed by atoms with Crippen molar-refractivity contribution in [2.24, 2.45) is 5.41 Å². The van der Waals surface area contributed by atoms with E-state index in [1.807, 2.05) is 18.5 Å². The van der Waals surface area contributed by atoms with E-state index < -0.39 is 0 Å². The zero-order valence-electron chi connectivity index (χ0n) is 9.13. The Morgan fingerprint density at radius 2 is 2.14 bits per heavy atom. The van der Waals surface area contributed by atoms with Crippen LogP contribution in [0.3, 0.4) is 0 Å². The summed E-state index contributed by atoms with van der Waals surface area (Å²) >= 11 is 3.74. The van der Waals surface area contributed by atoms with Crippen molar-refractivity contribution in [2.45, 2.75) is 38.4 Å². The molecule has 1 aromatic heterocycles. The molecule has 0 aliphatic carbocycles. The van der Waals surface area contributed by atoms with Gasteiger partial charge in [-0.2, -0.15) is 0 Å². The maximum Gasteiger partial charge on any atom is 0.0299 e. The monoisotopic (exact) mass is 255 g/mol. The number of hydrogen-bond donors (Lipinski definition) is 0. The highest BCUT2D eigenvalue weighted by Crippen LogP contribution is 2.29. The smallest absolute Gasteiger partial charge is 0.0299 e. The molecule has 1 atom stereocenters. The van der Waals surface area contributed by atoms with Crippen LogP contribution in [-0.4, -0.2) is 9.81 Å². The van der Waals surface area contributed by atoms with E-state index in [1.54, 1.807) is 0 Å². The number of halogens is 1. The highest BCUT2D eigenvalue weighted by molar-refractivity contribution is 9.09. The molecule has 1 aromatic rings. The number of rotatable bonds is 3. The molecule has 0 amide bonds. The fraction of sp³-hybridized carbons (Fsp3) is 0.583.